The molecule has 7 heteroatoms. The van der Waals surface area contributed by atoms with Gasteiger partial charge in [0.15, 0.2) is 5.17 Å². The highest BCUT2D eigenvalue weighted by atomic mass is 79.9. The van der Waals surface area contributed by atoms with E-state index in [-0.39, 0.29) is 17.1 Å². The normalized spacial score (nSPS) is 22.6. The Balaban J connectivity index is 2.06. The van der Waals surface area contributed by atoms with Gasteiger partial charge in [-0.3, -0.25) is 9.69 Å². The topological polar surface area (TPSA) is 59.0 Å². The molecule has 1 saturated heterocycles. The van der Waals surface area contributed by atoms with Crippen molar-refractivity contribution in [2.75, 3.05) is 6.61 Å². The van der Waals surface area contributed by atoms with Crippen LogP contribution in [-0.2, 0) is 14.3 Å². The SMILES string of the molecule is CC1=C(C(=O)OCC(C)C)C(c2ccc(Br)cc2)N2C(=O)C(C)SC2=N1. The highest BCUT2D eigenvalue weighted by Crippen LogP contribution is 2.43. The molecule has 2 aliphatic heterocycles. The maximum absolute atomic E-state index is 12.8. The van der Waals surface area contributed by atoms with Crippen molar-refractivity contribution < 1.29 is 14.3 Å². The van der Waals surface area contributed by atoms with Gasteiger partial charge >= 0.3 is 5.97 Å². The van der Waals surface area contributed by atoms with Crippen molar-refractivity contribution >= 4 is 44.7 Å². The van der Waals surface area contributed by atoms with E-state index in [0.717, 1.165) is 10.0 Å². The summed E-state index contributed by atoms with van der Waals surface area (Å²) in [6, 6.07) is 7.14. The van der Waals surface area contributed by atoms with E-state index in [1.807, 2.05) is 45.0 Å². The number of hydrogen-bond acceptors (Lipinski definition) is 5. The highest BCUT2D eigenvalue weighted by Gasteiger charge is 2.46. The Morgan fingerprint density at radius 1 is 1.35 bits per heavy atom. The molecule has 0 aliphatic carbocycles. The molecule has 3 rings (SSSR count). The summed E-state index contributed by atoms with van der Waals surface area (Å²) >= 11 is 4.86. The Labute approximate surface area is 166 Å². The van der Waals surface area contributed by atoms with Crippen LogP contribution in [0, 0.1) is 5.92 Å². The molecule has 0 bridgehead atoms. The third kappa shape index (κ3) is 3.60. The predicted octanol–water partition coefficient (Wildman–Crippen LogP) is 4.30. The zero-order valence-electron chi connectivity index (χ0n) is 15.2. The first-order valence-electron chi connectivity index (χ1n) is 8.51. The first-order chi connectivity index (χ1) is 12.3. The maximum Gasteiger partial charge on any atom is 0.338 e. The van der Waals surface area contributed by atoms with E-state index in [1.54, 1.807) is 11.8 Å². The number of halogens is 1. The summed E-state index contributed by atoms with van der Waals surface area (Å²) < 4.78 is 6.42. The van der Waals surface area contributed by atoms with Crippen molar-refractivity contribution in [1.29, 1.82) is 0 Å². The summed E-state index contributed by atoms with van der Waals surface area (Å²) in [6.07, 6.45) is 0. The van der Waals surface area contributed by atoms with E-state index >= 15 is 0 Å². The fraction of sp³-hybridized carbons (Fsp3) is 0.421. The molecule has 26 heavy (non-hydrogen) atoms. The second kappa shape index (κ2) is 7.56. The summed E-state index contributed by atoms with van der Waals surface area (Å²) in [5, 5.41) is 0.430. The number of esters is 1. The molecule has 0 spiro atoms. The highest BCUT2D eigenvalue weighted by molar-refractivity contribution is 9.10. The van der Waals surface area contributed by atoms with Crippen molar-refractivity contribution in [2.45, 2.75) is 39.0 Å². The fourth-order valence-electron chi connectivity index (χ4n) is 2.94. The average molecular weight is 437 g/mol. The number of hydrogen-bond donors (Lipinski definition) is 0. The molecular weight excluding hydrogens is 416 g/mol. The van der Waals surface area contributed by atoms with Gasteiger partial charge in [-0.2, -0.15) is 0 Å². The van der Waals surface area contributed by atoms with Crippen molar-refractivity contribution in [3.05, 3.63) is 45.6 Å². The average Bonchev–Trinajstić information content (AvgIpc) is 2.86. The Hall–Kier alpha value is -1.60. The van der Waals surface area contributed by atoms with E-state index in [9.17, 15) is 9.59 Å². The molecule has 2 unspecified atom stereocenters. The molecule has 1 aromatic carbocycles. The van der Waals surface area contributed by atoms with Crippen LogP contribution in [0.25, 0.3) is 0 Å². The molecule has 0 N–H and O–H groups in total. The first-order valence-corrected chi connectivity index (χ1v) is 10.2. The Bertz CT molecular complexity index is 802. The van der Waals surface area contributed by atoms with Crippen LogP contribution in [0.5, 0.6) is 0 Å². The van der Waals surface area contributed by atoms with Crippen LogP contribution in [0.4, 0.5) is 0 Å². The number of nitrogens with zero attached hydrogens (tertiary/aromatic N) is 2. The summed E-state index contributed by atoms with van der Waals surface area (Å²) in [7, 11) is 0. The van der Waals surface area contributed by atoms with Crippen LogP contribution < -0.4 is 0 Å². The predicted molar refractivity (Wildman–Crippen MR) is 107 cm³/mol. The minimum atomic E-state index is -0.514. The lowest BCUT2D eigenvalue weighted by Crippen LogP contribution is -2.40. The van der Waals surface area contributed by atoms with Crippen molar-refractivity contribution in [2.24, 2.45) is 10.9 Å². The number of aliphatic imine (C=N–C) groups is 1. The number of allylic oxidation sites excluding steroid dienone is 1. The van der Waals surface area contributed by atoms with Crippen LogP contribution >= 0.6 is 27.7 Å². The maximum atomic E-state index is 12.8. The smallest absolute Gasteiger partial charge is 0.338 e. The minimum absolute atomic E-state index is 0.0386. The van der Waals surface area contributed by atoms with Crippen LogP contribution in [0.2, 0.25) is 0 Å². The lowest BCUT2D eigenvalue weighted by atomic mass is 9.94. The molecule has 0 radical (unpaired) electrons. The second-order valence-electron chi connectivity index (χ2n) is 6.81. The van der Waals surface area contributed by atoms with E-state index in [1.165, 1.54) is 11.8 Å². The number of carbonyl (C=O) groups excluding carboxylic acids is 2. The van der Waals surface area contributed by atoms with E-state index < -0.39 is 12.0 Å². The van der Waals surface area contributed by atoms with Gasteiger partial charge in [0.25, 0.3) is 0 Å². The molecule has 1 aromatic rings. The Morgan fingerprint density at radius 2 is 2.00 bits per heavy atom. The molecule has 5 nitrogen and oxygen atoms in total. The van der Waals surface area contributed by atoms with Gasteiger partial charge in [0.1, 0.15) is 0 Å². The first kappa shape index (κ1) is 19.2. The van der Waals surface area contributed by atoms with Crippen LogP contribution in [-0.4, -0.2) is 33.8 Å². The molecule has 1 fully saturated rings. The molecule has 1 amide bonds. The quantitative estimate of drug-likeness (QED) is 0.660. The number of ether oxygens (including phenoxy) is 1. The van der Waals surface area contributed by atoms with Gasteiger partial charge in [0, 0.05) is 4.47 Å². The van der Waals surface area contributed by atoms with E-state index in [2.05, 4.69) is 20.9 Å². The Morgan fingerprint density at radius 3 is 2.62 bits per heavy atom. The van der Waals surface area contributed by atoms with Crippen LogP contribution in [0.15, 0.2) is 45.0 Å². The lowest BCUT2D eigenvalue weighted by molar-refractivity contribution is -0.141. The number of benzene rings is 1. The molecule has 0 aromatic heterocycles. The third-order valence-electron chi connectivity index (χ3n) is 4.21. The van der Waals surface area contributed by atoms with Gasteiger partial charge in [0.05, 0.1) is 29.2 Å². The van der Waals surface area contributed by atoms with Gasteiger partial charge in [-0.05, 0) is 37.5 Å². The summed E-state index contributed by atoms with van der Waals surface area (Å²) in [5.74, 6) is -0.217. The monoisotopic (exact) mass is 436 g/mol. The zero-order chi connectivity index (χ0) is 19.0. The zero-order valence-corrected chi connectivity index (χ0v) is 17.6. The van der Waals surface area contributed by atoms with Crippen LogP contribution in [0.1, 0.15) is 39.3 Å². The summed E-state index contributed by atoms with van der Waals surface area (Å²) in [5.41, 5.74) is 1.89. The molecule has 2 atom stereocenters. The third-order valence-corrected chi connectivity index (χ3v) is 5.79. The number of rotatable bonds is 4. The minimum Gasteiger partial charge on any atom is -0.462 e. The fourth-order valence-corrected chi connectivity index (χ4v) is 4.24. The van der Waals surface area contributed by atoms with Crippen molar-refractivity contribution in [3.8, 4) is 0 Å². The lowest BCUT2D eigenvalue weighted by Gasteiger charge is -2.33. The second-order valence-corrected chi connectivity index (χ2v) is 9.03. The van der Waals surface area contributed by atoms with Gasteiger partial charge in [-0.15, -0.1) is 0 Å². The van der Waals surface area contributed by atoms with Crippen molar-refractivity contribution in [3.63, 3.8) is 0 Å². The number of amides is 1. The van der Waals surface area contributed by atoms with Gasteiger partial charge in [-0.25, -0.2) is 9.79 Å². The largest absolute Gasteiger partial charge is 0.462 e. The van der Waals surface area contributed by atoms with E-state index in [0.29, 0.717) is 23.0 Å². The Kier molecular flexibility index (Phi) is 5.58. The number of carbonyl (C=O) groups is 2. The van der Waals surface area contributed by atoms with E-state index in [4.69, 9.17) is 4.74 Å². The summed E-state index contributed by atoms with van der Waals surface area (Å²) in [4.78, 5) is 31.8. The standard InChI is InChI=1S/C19H21BrN2O3S/c1-10(2)9-25-18(24)15-11(3)21-19-22(17(23)12(4)26-19)16(15)13-5-7-14(20)8-6-13/h5-8,10,12,16H,9H2,1-4H3. The molecule has 2 aliphatic rings. The van der Waals surface area contributed by atoms with Gasteiger partial charge in [0.2, 0.25) is 5.91 Å². The number of thioether (sulfide) groups is 1. The molecule has 0 saturated carbocycles. The van der Waals surface area contributed by atoms with Crippen molar-refractivity contribution in [1.82, 2.24) is 4.90 Å². The number of fused-ring (bicyclic) bond motifs is 1. The van der Waals surface area contributed by atoms with Crippen LogP contribution in [0.3, 0.4) is 0 Å². The van der Waals surface area contributed by atoms with Gasteiger partial charge in [-0.1, -0.05) is 53.7 Å². The summed E-state index contributed by atoms with van der Waals surface area (Å²) in [6.45, 7) is 7.97. The molecule has 2 heterocycles. The molecular formula is C19H21BrN2O3S. The number of amidine groups is 1. The molecule has 138 valence electrons. The van der Waals surface area contributed by atoms with Gasteiger partial charge < -0.3 is 4.74 Å².